The quantitative estimate of drug-likeness (QED) is 0.794. The van der Waals surface area contributed by atoms with Crippen molar-refractivity contribution in [3.8, 4) is 0 Å². The van der Waals surface area contributed by atoms with E-state index in [1.54, 1.807) is 10.4 Å². The molecule has 0 amide bonds. The number of rotatable bonds is 3. The highest BCUT2D eigenvalue weighted by Crippen LogP contribution is 2.42. The molecule has 2 aromatic rings. The summed E-state index contributed by atoms with van der Waals surface area (Å²) in [4.78, 5) is 7.02. The number of nitrogens with zero attached hydrogens (tertiary/aromatic N) is 3. The van der Waals surface area contributed by atoms with E-state index >= 15 is 0 Å². The third-order valence-corrected chi connectivity index (χ3v) is 8.12. The Labute approximate surface area is 166 Å². The van der Waals surface area contributed by atoms with Crippen LogP contribution in [0.3, 0.4) is 0 Å². The highest BCUT2D eigenvalue weighted by Gasteiger charge is 2.43. The van der Waals surface area contributed by atoms with Crippen LogP contribution in [0.5, 0.6) is 0 Å². The molecular formula is C21H25N3O3S. The van der Waals surface area contributed by atoms with Crippen molar-refractivity contribution in [3.63, 3.8) is 0 Å². The third-order valence-electron chi connectivity index (χ3n) is 6.24. The number of fused-ring (bicyclic) bond motifs is 2. The van der Waals surface area contributed by atoms with E-state index in [1.165, 1.54) is 17.3 Å². The minimum absolute atomic E-state index is 0.281. The molecule has 1 atom stereocenters. The van der Waals surface area contributed by atoms with Crippen LogP contribution in [0.25, 0.3) is 0 Å². The number of ether oxygens (including phenoxy) is 1. The molecule has 5 rings (SSSR count). The fraction of sp³-hybridized carbons (Fsp3) is 0.476. The van der Waals surface area contributed by atoms with Crippen LogP contribution in [-0.2, 0) is 26.8 Å². The van der Waals surface area contributed by atoms with E-state index in [4.69, 9.17) is 4.74 Å². The molecule has 28 heavy (non-hydrogen) atoms. The first-order chi connectivity index (χ1) is 13.6. The second-order valence-electron chi connectivity index (χ2n) is 7.88. The van der Waals surface area contributed by atoms with Crippen LogP contribution < -0.4 is 4.90 Å². The fourth-order valence-electron chi connectivity index (χ4n) is 4.74. The van der Waals surface area contributed by atoms with Gasteiger partial charge in [-0.05, 0) is 48.9 Å². The van der Waals surface area contributed by atoms with E-state index in [1.807, 2.05) is 6.07 Å². The number of hydrogen-bond donors (Lipinski definition) is 0. The van der Waals surface area contributed by atoms with Gasteiger partial charge in [-0.2, -0.15) is 4.31 Å². The second kappa shape index (κ2) is 6.83. The molecule has 0 N–H and O–H groups in total. The molecule has 0 radical (unpaired) electrons. The summed E-state index contributed by atoms with van der Waals surface area (Å²) in [7, 11) is -3.42. The van der Waals surface area contributed by atoms with Gasteiger partial charge in [-0.3, -0.25) is 0 Å². The predicted molar refractivity (Wildman–Crippen MR) is 107 cm³/mol. The van der Waals surface area contributed by atoms with Gasteiger partial charge in [0, 0.05) is 25.8 Å². The fourth-order valence-corrected chi connectivity index (χ4v) is 6.20. The molecule has 0 saturated carbocycles. The van der Waals surface area contributed by atoms with Gasteiger partial charge < -0.3 is 9.64 Å². The van der Waals surface area contributed by atoms with E-state index < -0.39 is 10.0 Å². The molecule has 1 aromatic heterocycles. The lowest BCUT2D eigenvalue weighted by Crippen LogP contribution is -2.49. The Balaban J connectivity index is 1.38. The standard InChI is InChI=1S/C21H25N3O3S/c25-28(26,24-11-3-4-12-24)18-7-8-20(22-15-18)23-13-14-27-21(16-23)10-9-17-5-1-2-6-19(17)21/h1-2,5-8,15H,3-4,9-14,16H2. The Morgan fingerprint density at radius 2 is 1.86 bits per heavy atom. The Bertz CT molecular complexity index is 967. The number of morpholine rings is 1. The maximum absolute atomic E-state index is 12.7. The number of anilines is 1. The van der Waals surface area contributed by atoms with E-state index in [2.05, 4.69) is 34.1 Å². The summed E-state index contributed by atoms with van der Waals surface area (Å²) in [6.07, 6.45) is 5.38. The van der Waals surface area contributed by atoms with Crippen molar-refractivity contribution in [2.75, 3.05) is 37.7 Å². The summed E-state index contributed by atoms with van der Waals surface area (Å²) in [6, 6.07) is 12.0. The van der Waals surface area contributed by atoms with Gasteiger partial charge in [0.1, 0.15) is 16.3 Å². The van der Waals surface area contributed by atoms with Crippen molar-refractivity contribution in [1.82, 2.24) is 9.29 Å². The summed E-state index contributed by atoms with van der Waals surface area (Å²) >= 11 is 0. The lowest BCUT2D eigenvalue weighted by atomic mass is 9.93. The summed E-state index contributed by atoms with van der Waals surface area (Å²) in [5.41, 5.74) is 2.37. The maximum atomic E-state index is 12.7. The third kappa shape index (κ3) is 2.93. The first kappa shape index (κ1) is 18.1. The average molecular weight is 400 g/mol. The zero-order valence-corrected chi connectivity index (χ0v) is 16.7. The average Bonchev–Trinajstić information content (AvgIpc) is 3.39. The summed E-state index contributed by atoms with van der Waals surface area (Å²) in [5, 5.41) is 0. The minimum atomic E-state index is -3.42. The van der Waals surface area contributed by atoms with Crippen LogP contribution in [-0.4, -0.2) is 50.5 Å². The van der Waals surface area contributed by atoms with Crippen LogP contribution >= 0.6 is 0 Å². The molecule has 7 heteroatoms. The van der Waals surface area contributed by atoms with Gasteiger partial charge in [-0.1, -0.05) is 24.3 Å². The Kier molecular flexibility index (Phi) is 4.41. The van der Waals surface area contributed by atoms with E-state index in [0.29, 0.717) is 19.7 Å². The SMILES string of the molecule is O=S(=O)(c1ccc(N2CCOC3(CCc4ccccc43)C2)nc1)N1CCCC1. The first-order valence-corrected chi connectivity index (χ1v) is 11.5. The predicted octanol–water partition coefficient (Wildman–Crippen LogP) is 2.54. The van der Waals surface area contributed by atoms with Crippen LogP contribution in [0.4, 0.5) is 5.82 Å². The lowest BCUT2D eigenvalue weighted by molar-refractivity contribution is -0.0594. The molecule has 3 heterocycles. The van der Waals surface area contributed by atoms with Crippen LogP contribution in [0, 0.1) is 0 Å². The lowest BCUT2D eigenvalue weighted by Gasteiger charge is -2.41. The monoisotopic (exact) mass is 399 g/mol. The summed E-state index contributed by atoms with van der Waals surface area (Å²) in [5.74, 6) is 0.812. The molecule has 2 fully saturated rings. The van der Waals surface area contributed by atoms with Gasteiger partial charge in [0.05, 0.1) is 13.2 Å². The van der Waals surface area contributed by atoms with Gasteiger partial charge in [0.2, 0.25) is 10.0 Å². The van der Waals surface area contributed by atoms with Crippen molar-refractivity contribution in [2.45, 2.75) is 36.2 Å². The zero-order chi connectivity index (χ0) is 19.2. The zero-order valence-electron chi connectivity index (χ0n) is 15.9. The molecule has 1 unspecified atom stereocenters. The molecule has 6 nitrogen and oxygen atoms in total. The molecular weight excluding hydrogens is 374 g/mol. The van der Waals surface area contributed by atoms with Crippen molar-refractivity contribution in [2.24, 2.45) is 0 Å². The van der Waals surface area contributed by atoms with Crippen LogP contribution in [0.1, 0.15) is 30.4 Å². The molecule has 0 bridgehead atoms. The molecule has 1 aromatic carbocycles. The highest BCUT2D eigenvalue weighted by molar-refractivity contribution is 7.89. The van der Waals surface area contributed by atoms with E-state index in [-0.39, 0.29) is 10.5 Å². The first-order valence-electron chi connectivity index (χ1n) is 10.0. The van der Waals surface area contributed by atoms with Gasteiger partial charge in [-0.15, -0.1) is 0 Å². The Hall–Kier alpha value is -1.96. The number of aromatic nitrogens is 1. The minimum Gasteiger partial charge on any atom is -0.367 e. The highest BCUT2D eigenvalue weighted by atomic mass is 32.2. The number of benzene rings is 1. The molecule has 1 aliphatic carbocycles. The molecule has 148 valence electrons. The molecule has 3 aliphatic rings. The van der Waals surface area contributed by atoms with E-state index in [9.17, 15) is 8.42 Å². The number of hydrogen-bond acceptors (Lipinski definition) is 5. The molecule has 1 spiro atoms. The molecule has 2 saturated heterocycles. The van der Waals surface area contributed by atoms with Gasteiger partial charge in [0.25, 0.3) is 0 Å². The van der Waals surface area contributed by atoms with Gasteiger partial charge >= 0.3 is 0 Å². The smallest absolute Gasteiger partial charge is 0.244 e. The van der Waals surface area contributed by atoms with Gasteiger partial charge in [0.15, 0.2) is 0 Å². The number of sulfonamides is 1. The Morgan fingerprint density at radius 1 is 1.04 bits per heavy atom. The van der Waals surface area contributed by atoms with Crippen LogP contribution in [0.2, 0.25) is 0 Å². The van der Waals surface area contributed by atoms with Crippen molar-refractivity contribution < 1.29 is 13.2 Å². The van der Waals surface area contributed by atoms with E-state index in [0.717, 1.165) is 44.6 Å². The summed E-state index contributed by atoms with van der Waals surface area (Å²) < 4.78 is 33.3. The van der Waals surface area contributed by atoms with Gasteiger partial charge in [-0.25, -0.2) is 13.4 Å². The van der Waals surface area contributed by atoms with Crippen molar-refractivity contribution in [1.29, 1.82) is 0 Å². The normalized spacial score (nSPS) is 25.4. The Morgan fingerprint density at radius 3 is 2.64 bits per heavy atom. The second-order valence-corrected chi connectivity index (χ2v) is 9.82. The topological polar surface area (TPSA) is 62.7 Å². The number of aryl methyl sites for hydroxylation is 1. The maximum Gasteiger partial charge on any atom is 0.244 e. The van der Waals surface area contributed by atoms with Crippen LogP contribution in [0.15, 0.2) is 47.5 Å². The number of pyridine rings is 1. The largest absolute Gasteiger partial charge is 0.367 e. The summed E-state index contributed by atoms with van der Waals surface area (Å²) in [6.45, 7) is 3.36. The molecule has 2 aliphatic heterocycles. The van der Waals surface area contributed by atoms with Crippen molar-refractivity contribution >= 4 is 15.8 Å². The van der Waals surface area contributed by atoms with Crippen molar-refractivity contribution in [3.05, 3.63) is 53.7 Å².